The van der Waals surface area contributed by atoms with Crippen molar-refractivity contribution in [2.75, 3.05) is 6.61 Å². The van der Waals surface area contributed by atoms with Gasteiger partial charge in [-0.15, -0.1) is 0 Å². The van der Waals surface area contributed by atoms with Crippen molar-refractivity contribution in [2.24, 2.45) is 0 Å². The van der Waals surface area contributed by atoms with Gasteiger partial charge < -0.3 is 4.74 Å². The van der Waals surface area contributed by atoms with Gasteiger partial charge in [-0.2, -0.15) is 0 Å². The van der Waals surface area contributed by atoms with E-state index in [4.69, 9.17) is 4.74 Å². The highest BCUT2D eigenvalue weighted by Crippen LogP contribution is 2.25. The SMILES string of the molecule is CCOC(=O)CCCC(=O)Sc1ccc2ccccc2c1. The van der Waals surface area contributed by atoms with Gasteiger partial charge in [0.25, 0.3) is 0 Å². The molecular formula is C17H18O3S. The second-order valence-corrected chi connectivity index (χ2v) is 5.77. The first-order valence-corrected chi connectivity index (χ1v) is 7.86. The Hall–Kier alpha value is -1.81. The van der Waals surface area contributed by atoms with Crippen molar-refractivity contribution in [3.63, 3.8) is 0 Å². The molecule has 2 aromatic rings. The smallest absolute Gasteiger partial charge is 0.305 e. The fourth-order valence-corrected chi connectivity index (χ4v) is 2.85. The lowest BCUT2D eigenvalue weighted by molar-refractivity contribution is -0.143. The molecule has 0 N–H and O–H groups in total. The van der Waals surface area contributed by atoms with Crippen molar-refractivity contribution < 1.29 is 14.3 Å². The number of thioether (sulfide) groups is 1. The highest BCUT2D eigenvalue weighted by Gasteiger charge is 2.08. The number of benzene rings is 2. The molecule has 2 rings (SSSR count). The Morgan fingerprint density at radius 2 is 1.81 bits per heavy atom. The summed E-state index contributed by atoms with van der Waals surface area (Å²) in [5, 5.41) is 2.37. The van der Waals surface area contributed by atoms with E-state index in [0.717, 1.165) is 15.7 Å². The molecule has 0 aliphatic carbocycles. The lowest BCUT2D eigenvalue weighted by Crippen LogP contribution is -2.04. The van der Waals surface area contributed by atoms with E-state index >= 15 is 0 Å². The number of ether oxygens (including phenoxy) is 1. The van der Waals surface area contributed by atoms with Gasteiger partial charge in [0.15, 0.2) is 5.12 Å². The van der Waals surface area contributed by atoms with Crippen LogP contribution in [0.4, 0.5) is 0 Å². The van der Waals surface area contributed by atoms with E-state index in [2.05, 4.69) is 0 Å². The molecule has 0 amide bonds. The normalized spacial score (nSPS) is 10.5. The van der Waals surface area contributed by atoms with Gasteiger partial charge in [-0.25, -0.2) is 0 Å². The van der Waals surface area contributed by atoms with Crippen LogP contribution in [-0.4, -0.2) is 17.7 Å². The van der Waals surface area contributed by atoms with Crippen LogP contribution in [0.2, 0.25) is 0 Å². The van der Waals surface area contributed by atoms with Crippen LogP contribution in [0.1, 0.15) is 26.2 Å². The summed E-state index contributed by atoms with van der Waals surface area (Å²) in [6.07, 6.45) is 1.23. The van der Waals surface area contributed by atoms with Crippen molar-refractivity contribution in [1.29, 1.82) is 0 Å². The average Bonchev–Trinajstić information content (AvgIpc) is 2.47. The van der Waals surface area contributed by atoms with Crippen LogP contribution in [0.3, 0.4) is 0 Å². The third kappa shape index (κ3) is 4.90. The summed E-state index contributed by atoms with van der Waals surface area (Å²) in [5.74, 6) is -0.235. The predicted octanol–water partition coefficient (Wildman–Crippen LogP) is 4.19. The topological polar surface area (TPSA) is 43.4 Å². The van der Waals surface area contributed by atoms with Gasteiger partial charge >= 0.3 is 5.97 Å². The zero-order valence-electron chi connectivity index (χ0n) is 12.0. The van der Waals surface area contributed by atoms with Crippen LogP contribution in [0, 0.1) is 0 Å². The maximum atomic E-state index is 11.9. The predicted molar refractivity (Wildman–Crippen MR) is 85.3 cm³/mol. The lowest BCUT2D eigenvalue weighted by Gasteiger charge is -2.03. The zero-order valence-corrected chi connectivity index (χ0v) is 12.8. The summed E-state index contributed by atoms with van der Waals surface area (Å²) in [6.45, 7) is 2.16. The summed E-state index contributed by atoms with van der Waals surface area (Å²) < 4.78 is 4.83. The number of carbonyl (C=O) groups is 2. The molecule has 0 fully saturated rings. The Bertz CT molecular complexity index is 637. The first-order chi connectivity index (χ1) is 10.2. The third-order valence-corrected chi connectivity index (χ3v) is 3.94. The molecule has 4 heteroatoms. The molecule has 0 aliphatic rings. The molecule has 2 aromatic carbocycles. The second kappa shape index (κ2) is 7.84. The number of hydrogen-bond donors (Lipinski definition) is 0. The fraction of sp³-hybridized carbons (Fsp3) is 0.294. The summed E-state index contributed by atoms with van der Waals surface area (Å²) in [4.78, 5) is 24.0. The van der Waals surface area contributed by atoms with Crippen LogP contribution in [0.25, 0.3) is 10.8 Å². The van der Waals surface area contributed by atoms with E-state index in [1.54, 1.807) is 6.92 Å². The van der Waals surface area contributed by atoms with Gasteiger partial charge in [-0.3, -0.25) is 9.59 Å². The Kier molecular flexibility index (Phi) is 5.81. The minimum absolute atomic E-state index is 0.0783. The molecule has 0 radical (unpaired) electrons. The number of fused-ring (bicyclic) bond motifs is 1. The van der Waals surface area contributed by atoms with Crippen LogP contribution in [0.15, 0.2) is 47.4 Å². The van der Waals surface area contributed by atoms with Crippen molar-refractivity contribution in [1.82, 2.24) is 0 Å². The second-order valence-electron chi connectivity index (χ2n) is 4.64. The van der Waals surface area contributed by atoms with Gasteiger partial charge in [0.2, 0.25) is 0 Å². The molecule has 0 saturated heterocycles. The summed E-state index contributed by atoms with van der Waals surface area (Å²) in [7, 11) is 0. The van der Waals surface area contributed by atoms with E-state index < -0.39 is 0 Å². The molecule has 0 bridgehead atoms. The van der Waals surface area contributed by atoms with E-state index in [1.807, 2.05) is 42.5 Å². The maximum Gasteiger partial charge on any atom is 0.305 e. The molecule has 0 unspecified atom stereocenters. The van der Waals surface area contributed by atoms with Crippen LogP contribution in [0.5, 0.6) is 0 Å². The minimum Gasteiger partial charge on any atom is -0.466 e. The maximum absolute atomic E-state index is 11.9. The standard InChI is InChI=1S/C17H18O3S/c1-2-20-16(18)8-5-9-17(19)21-15-11-10-13-6-3-4-7-14(13)12-15/h3-4,6-7,10-12H,2,5,8-9H2,1H3. The van der Waals surface area contributed by atoms with E-state index in [1.165, 1.54) is 11.8 Å². The molecule has 3 nitrogen and oxygen atoms in total. The van der Waals surface area contributed by atoms with Gasteiger partial charge in [-0.1, -0.05) is 42.1 Å². The lowest BCUT2D eigenvalue weighted by atomic mass is 10.1. The van der Waals surface area contributed by atoms with Crippen LogP contribution < -0.4 is 0 Å². The number of rotatable bonds is 6. The molecule has 0 heterocycles. The molecule has 0 atom stereocenters. The van der Waals surface area contributed by atoms with Gasteiger partial charge in [-0.05, 0) is 36.2 Å². The number of hydrogen-bond acceptors (Lipinski definition) is 4. The molecule has 0 aliphatic heterocycles. The summed E-state index contributed by atoms with van der Waals surface area (Å²) in [6, 6.07) is 14.0. The molecule has 0 saturated carbocycles. The zero-order chi connectivity index (χ0) is 15.1. The highest BCUT2D eigenvalue weighted by molar-refractivity contribution is 8.13. The van der Waals surface area contributed by atoms with Crippen LogP contribution in [-0.2, 0) is 14.3 Å². The van der Waals surface area contributed by atoms with E-state index in [0.29, 0.717) is 25.9 Å². The van der Waals surface area contributed by atoms with Crippen molar-refractivity contribution in [3.8, 4) is 0 Å². The Morgan fingerprint density at radius 3 is 2.57 bits per heavy atom. The van der Waals surface area contributed by atoms with E-state index in [9.17, 15) is 9.59 Å². The Balaban J connectivity index is 1.85. The third-order valence-electron chi connectivity index (χ3n) is 3.02. The average molecular weight is 302 g/mol. The van der Waals surface area contributed by atoms with Crippen molar-refractivity contribution >= 4 is 33.6 Å². The fourth-order valence-electron chi connectivity index (χ4n) is 2.02. The first kappa shape index (κ1) is 15.6. The van der Waals surface area contributed by atoms with Gasteiger partial charge in [0, 0.05) is 17.7 Å². The molecule has 110 valence electrons. The Morgan fingerprint density at radius 1 is 1.05 bits per heavy atom. The van der Waals surface area contributed by atoms with Gasteiger partial charge in [0.05, 0.1) is 6.61 Å². The monoisotopic (exact) mass is 302 g/mol. The van der Waals surface area contributed by atoms with E-state index in [-0.39, 0.29) is 11.1 Å². The molecule has 0 spiro atoms. The van der Waals surface area contributed by atoms with Crippen LogP contribution >= 0.6 is 11.8 Å². The highest BCUT2D eigenvalue weighted by atomic mass is 32.2. The number of esters is 1. The summed E-state index contributed by atoms with van der Waals surface area (Å²) in [5.41, 5.74) is 0. The molecular weight excluding hydrogens is 284 g/mol. The van der Waals surface area contributed by atoms with Crippen molar-refractivity contribution in [2.45, 2.75) is 31.1 Å². The summed E-state index contributed by atoms with van der Waals surface area (Å²) >= 11 is 1.23. The first-order valence-electron chi connectivity index (χ1n) is 7.04. The molecule has 0 aromatic heterocycles. The van der Waals surface area contributed by atoms with Gasteiger partial charge in [0.1, 0.15) is 0 Å². The number of carbonyl (C=O) groups excluding carboxylic acids is 2. The quantitative estimate of drug-likeness (QED) is 0.593. The largest absolute Gasteiger partial charge is 0.466 e. The minimum atomic E-state index is -0.235. The Labute approximate surface area is 128 Å². The van der Waals surface area contributed by atoms with Crippen molar-refractivity contribution in [3.05, 3.63) is 42.5 Å². The molecule has 21 heavy (non-hydrogen) atoms.